The Labute approximate surface area is 172 Å². The number of aliphatic hydroxyl groups is 1. The van der Waals surface area contributed by atoms with Crippen molar-refractivity contribution in [1.29, 1.82) is 0 Å². The number of piperidine rings is 1. The summed E-state index contributed by atoms with van der Waals surface area (Å²) in [5.41, 5.74) is 0.627. The molecular formula is C23H28Cl2NO+. The van der Waals surface area contributed by atoms with Crippen molar-refractivity contribution in [2.45, 2.75) is 49.8 Å². The second-order valence-corrected chi connectivity index (χ2v) is 9.81. The number of quaternary nitrogens is 1. The Bertz CT molecular complexity index is 773. The number of halogens is 2. The van der Waals surface area contributed by atoms with Crippen LogP contribution in [0.15, 0.2) is 48.5 Å². The molecule has 2 saturated heterocycles. The summed E-state index contributed by atoms with van der Waals surface area (Å²) in [4.78, 5) is 0. The third-order valence-corrected chi connectivity index (χ3v) is 7.58. The molecule has 0 amide bonds. The average molecular weight is 405 g/mol. The van der Waals surface area contributed by atoms with Gasteiger partial charge in [-0.15, -0.1) is 0 Å². The number of hydrogen-bond acceptors (Lipinski definition) is 1. The van der Waals surface area contributed by atoms with Gasteiger partial charge < -0.3 is 9.59 Å². The monoisotopic (exact) mass is 404 g/mol. The van der Waals surface area contributed by atoms with Gasteiger partial charge >= 0.3 is 0 Å². The molecule has 0 saturated carbocycles. The molecule has 1 N–H and O–H groups in total. The highest BCUT2D eigenvalue weighted by molar-refractivity contribution is 6.31. The molecule has 2 aromatic carbocycles. The lowest BCUT2D eigenvalue weighted by atomic mass is 9.75. The third-order valence-electron chi connectivity index (χ3n) is 7.11. The van der Waals surface area contributed by atoms with Gasteiger partial charge in [0, 0.05) is 35.7 Å². The van der Waals surface area contributed by atoms with Crippen LogP contribution in [-0.4, -0.2) is 35.8 Å². The van der Waals surface area contributed by atoms with Gasteiger partial charge in [-0.3, -0.25) is 0 Å². The van der Waals surface area contributed by atoms with E-state index in [0.29, 0.717) is 34.5 Å². The maximum atomic E-state index is 12.0. The van der Waals surface area contributed by atoms with Crippen LogP contribution < -0.4 is 0 Å². The molecule has 4 rings (SSSR count). The maximum Gasteiger partial charge on any atom is 0.115 e. The zero-order chi connectivity index (χ0) is 19.2. The summed E-state index contributed by atoms with van der Waals surface area (Å²) in [6.45, 7) is 0. The molecule has 2 fully saturated rings. The zero-order valence-electron chi connectivity index (χ0n) is 16.0. The van der Waals surface area contributed by atoms with Crippen molar-refractivity contribution in [3.05, 3.63) is 69.7 Å². The van der Waals surface area contributed by atoms with Crippen LogP contribution >= 0.6 is 23.2 Å². The fraction of sp³-hybridized carbons (Fsp3) is 0.478. The standard InChI is InChI=1S/C23H28Cl2NO/c1-26(2)21-9-10-22(26)12-16(11-21)15-23(27,17-5-3-7-19(24)13-17)18-6-4-8-20(25)14-18/h3-8,13-14,16,21-22,27H,9-12,15H2,1-2H3/q+1/t21-,22-/m0/s1. The smallest absolute Gasteiger partial charge is 0.115 e. The van der Waals surface area contributed by atoms with Gasteiger partial charge in [-0.05, 0) is 47.7 Å². The lowest BCUT2D eigenvalue weighted by molar-refractivity contribution is -0.931. The first-order chi connectivity index (χ1) is 12.8. The molecule has 27 heavy (non-hydrogen) atoms. The summed E-state index contributed by atoms with van der Waals surface area (Å²) in [7, 11) is 4.75. The van der Waals surface area contributed by atoms with Crippen molar-refractivity contribution in [1.82, 2.24) is 0 Å². The summed E-state index contributed by atoms with van der Waals surface area (Å²) in [6.07, 6.45) is 5.67. The minimum atomic E-state index is -1.08. The van der Waals surface area contributed by atoms with Gasteiger partial charge in [0.05, 0.1) is 26.2 Å². The van der Waals surface area contributed by atoms with Crippen molar-refractivity contribution >= 4 is 23.2 Å². The van der Waals surface area contributed by atoms with Crippen molar-refractivity contribution in [2.75, 3.05) is 14.1 Å². The van der Waals surface area contributed by atoms with E-state index < -0.39 is 5.60 Å². The van der Waals surface area contributed by atoms with Gasteiger partial charge in [0.2, 0.25) is 0 Å². The number of benzene rings is 2. The molecule has 2 aliphatic rings. The minimum Gasteiger partial charge on any atom is -0.380 e. The lowest BCUT2D eigenvalue weighted by Crippen LogP contribution is -2.55. The van der Waals surface area contributed by atoms with E-state index in [1.807, 2.05) is 48.5 Å². The predicted octanol–water partition coefficient (Wildman–Crippen LogP) is 5.64. The van der Waals surface area contributed by atoms with E-state index in [1.54, 1.807) is 0 Å². The van der Waals surface area contributed by atoms with Crippen LogP contribution in [0.2, 0.25) is 10.0 Å². The molecule has 2 nitrogen and oxygen atoms in total. The van der Waals surface area contributed by atoms with E-state index in [1.165, 1.54) is 25.7 Å². The molecule has 0 unspecified atom stereocenters. The average Bonchev–Trinajstić information content (AvgIpc) is 2.79. The van der Waals surface area contributed by atoms with Crippen LogP contribution in [0.1, 0.15) is 43.2 Å². The quantitative estimate of drug-likeness (QED) is 0.653. The Balaban J connectivity index is 1.69. The highest BCUT2D eigenvalue weighted by atomic mass is 35.5. The Morgan fingerprint density at radius 1 is 0.926 bits per heavy atom. The number of hydrogen-bond donors (Lipinski definition) is 1. The lowest BCUT2D eigenvalue weighted by Gasteiger charge is -2.46. The molecule has 144 valence electrons. The van der Waals surface area contributed by atoms with Crippen molar-refractivity contribution < 1.29 is 9.59 Å². The normalized spacial score (nSPS) is 26.9. The SMILES string of the molecule is C[N+]1(C)[C@H]2CC[C@H]1CC(CC(O)(c1cccc(Cl)c1)c1cccc(Cl)c1)C2. The Hall–Kier alpha value is -1.06. The Kier molecular flexibility index (Phi) is 5.05. The first kappa shape index (κ1) is 19.3. The van der Waals surface area contributed by atoms with Gasteiger partial charge in [-0.2, -0.15) is 0 Å². The van der Waals surface area contributed by atoms with E-state index >= 15 is 0 Å². The van der Waals surface area contributed by atoms with E-state index in [2.05, 4.69) is 14.1 Å². The maximum absolute atomic E-state index is 12.0. The van der Waals surface area contributed by atoms with Gasteiger partial charge in [0.25, 0.3) is 0 Å². The zero-order valence-corrected chi connectivity index (χ0v) is 17.5. The fourth-order valence-electron chi connectivity index (χ4n) is 5.47. The van der Waals surface area contributed by atoms with Crippen molar-refractivity contribution in [3.8, 4) is 0 Å². The van der Waals surface area contributed by atoms with E-state index in [4.69, 9.17) is 23.2 Å². The number of rotatable bonds is 4. The molecule has 2 bridgehead atoms. The Morgan fingerprint density at radius 2 is 1.41 bits per heavy atom. The third kappa shape index (κ3) is 3.53. The van der Waals surface area contributed by atoms with Crippen LogP contribution in [0.5, 0.6) is 0 Å². The van der Waals surface area contributed by atoms with Gasteiger partial charge in [-0.1, -0.05) is 47.5 Å². The highest BCUT2D eigenvalue weighted by Crippen LogP contribution is 2.47. The van der Waals surface area contributed by atoms with Crippen LogP contribution in [-0.2, 0) is 5.60 Å². The molecule has 2 aliphatic heterocycles. The first-order valence-electron chi connectivity index (χ1n) is 9.87. The molecule has 0 radical (unpaired) electrons. The van der Waals surface area contributed by atoms with Crippen LogP contribution in [0, 0.1) is 5.92 Å². The fourth-order valence-corrected chi connectivity index (χ4v) is 5.85. The first-order valence-corrected chi connectivity index (χ1v) is 10.6. The predicted molar refractivity (Wildman–Crippen MR) is 112 cm³/mol. The van der Waals surface area contributed by atoms with Crippen LogP contribution in [0.3, 0.4) is 0 Å². The second-order valence-electron chi connectivity index (χ2n) is 8.94. The number of fused-ring (bicyclic) bond motifs is 2. The molecule has 2 aromatic rings. The van der Waals surface area contributed by atoms with E-state index in [0.717, 1.165) is 15.6 Å². The Morgan fingerprint density at radius 3 is 1.85 bits per heavy atom. The summed E-state index contributed by atoms with van der Waals surface area (Å²) < 4.78 is 1.14. The van der Waals surface area contributed by atoms with Gasteiger partial charge in [-0.25, -0.2) is 0 Å². The van der Waals surface area contributed by atoms with Crippen molar-refractivity contribution in [2.24, 2.45) is 5.92 Å². The van der Waals surface area contributed by atoms with Gasteiger partial charge in [0.15, 0.2) is 0 Å². The summed E-state index contributed by atoms with van der Waals surface area (Å²) in [6, 6.07) is 16.7. The summed E-state index contributed by atoms with van der Waals surface area (Å²) in [5, 5.41) is 13.3. The molecule has 2 heterocycles. The second kappa shape index (κ2) is 7.08. The van der Waals surface area contributed by atoms with Crippen molar-refractivity contribution in [3.63, 3.8) is 0 Å². The molecule has 0 aromatic heterocycles. The molecule has 4 heteroatoms. The summed E-state index contributed by atoms with van der Waals surface area (Å²) in [5.74, 6) is 0.497. The topological polar surface area (TPSA) is 20.2 Å². The van der Waals surface area contributed by atoms with E-state index in [-0.39, 0.29) is 0 Å². The molecule has 0 spiro atoms. The van der Waals surface area contributed by atoms with Crippen LogP contribution in [0.25, 0.3) is 0 Å². The highest BCUT2D eigenvalue weighted by Gasteiger charge is 2.50. The number of nitrogens with zero attached hydrogens (tertiary/aromatic N) is 1. The minimum absolute atomic E-state index is 0.497. The molecule has 2 atom stereocenters. The van der Waals surface area contributed by atoms with E-state index in [9.17, 15) is 5.11 Å². The molecule has 0 aliphatic carbocycles. The molecular weight excluding hydrogens is 377 g/mol. The van der Waals surface area contributed by atoms with Crippen LogP contribution in [0.4, 0.5) is 0 Å². The summed E-state index contributed by atoms with van der Waals surface area (Å²) >= 11 is 12.5. The largest absolute Gasteiger partial charge is 0.380 e. The van der Waals surface area contributed by atoms with Gasteiger partial charge in [0.1, 0.15) is 5.60 Å².